The summed E-state index contributed by atoms with van der Waals surface area (Å²) in [4.78, 5) is 0. The number of rotatable bonds is 0. The minimum absolute atomic E-state index is 0. The summed E-state index contributed by atoms with van der Waals surface area (Å²) in [7, 11) is 0. The maximum atomic E-state index is 4.94. The van der Waals surface area contributed by atoms with Gasteiger partial charge in [0.25, 0.3) is 0 Å². The van der Waals surface area contributed by atoms with E-state index in [4.69, 9.17) is 99.7 Å². The summed E-state index contributed by atoms with van der Waals surface area (Å²) in [5.41, 5.74) is 0. The van der Waals surface area contributed by atoms with Crippen LogP contribution in [0.15, 0.2) is 0 Å². The van der Waals surface area contributed by atoms with Gasteiger partial charge in [-0.3, -0.25) is 0 Å². The van der Waals surface area contributed by atoms with Gasteiger partial charge in [-0.05, 0) is 0 Å². The van der Waals surface area contributed by atoms with Crippen LogP contribution in [0.4, 0.5) is 0 Å². The fourth-order valence-electron chi connectivity index (χ4n) is 0. The van der Waals surface area contributed by atoms with Crippen LogP contribution in [0.25, 0.3) is 0 Å². The van der Waals surface area contributed by atoms with Crippen molar-refractivity contribution in [2.24, 2.45) is 0 Å². The van der Waals surface area contributed by atoms with Crippen molar-refractivity contribution in [3.05, 3.63) is 0 Å². The molecule has 0 spiro atoms. The van der Waals surface area contributed by atoms with Crippen LogP contribution in [0.3, 0.4) is 0 Å². The summed E-state index contributed by atoms with van der Waals surface area (Å²) in [6, 6.07) is 0. The molecule has 13 heavy (non-hydrogen) atoms. The van der Waals surface area contributed by atoms with E-state index in [1.807, 2.05) is 0 Å². The molecule has 13 heteroatoms. The first-order valence-corrected chi connectivity index (χ1v) is 17.7. The molecule has 0 N–H and O–H groups in total. The molecule has 0 amide bonds. The molecule has 0 unspecified atom stereocenters. The Morgan fingerprint density at radius 1 is 0.385 bits per heavy atom. The molecule has 0 radical (unpaired) electrons. The van der Waals surface area contributed by atoms with Crippen molar-refractivity contribution in [1.29, 1.82) is 0 Å². The van der Waals surface area contributed by atoms with Crippen LogP contribution in [-0.4, -0.2) is 37.8 Å². The summed E-state index contributed by atoms with van der Waals surface area (Å²) in [5, 5.41) is 0. The van der Waals surface area contributed by atoms with Crippen molar-refractivity contribution in [2.75, 3.05) is 0 Å². The Labute approximate surface area is 135 Å². The van der Waals surface area contributed by atoms with E-state index in [-0.39, 0.29) is 17.6 Å². The summed E-state index contributed by atoms with van der Waals surface area (Å²) >= 11 is 44.5. The Balaban J connectivity index is -0.0000000450. The number of hydrogen-bond donors (Lipinski definition) is 0. The zero-order valence-corrected chi connectivity index (χ0v) is 15.4. The van der Waals surface area contributed by atoms with Gasteiger partial charge < -0.3 is 0 Å². The van der Waals surface area contributed by atoms with Gasteiger partial charge in [-0.15, -0.1) is 99.7 Å². The normalized spacial score (nSPS) is 8.31. The van der Waals surface area contributed by atoms with Gasteiger partial charge in [0.05, 0.1) is 0 Å². The summed E-state index contributed by atoms with van der Waals surface area (Å²) in [6.45, 7) is -5.17. The monoisotopic (exact) mass is 480 g/mol. The average Bonchev–Trinajstić information content (AvgIpc) is 1.54. The third-order valence-corrected chi connectivity index (χ3v) is 0. The van der Waals surface area contributed by atoms with E-state index in [2.05, 4.69) is 0 Å². The zero-order valence-electron chi connectivity index (χ0n) is 5.13. The van der Waals surface area contributed by atoms with Gasteiger partial charge >= 0.3 is 37.8 Å². The Morgan fingerprint density at radius 3 is 0.385 bits per heavy atom. The van der Waals surface area contributed by atoms with E-state index in [1.54, 1.807) is 0 Å². The molecule has 0 rings (SSSR count). The number of hydrogen-bond acceptors (Lipinski definition) is 0. The second-order valence-corrected chi connectivity index (χ2v) is 20.0. The van der Waals surface area contributed by atoms with Crippen LogP contribution < -0.4 is 0 Å². The van der Waals surface area contributed by atoms with Crippen molar-refractivity contribution < 1.29 is 0 Å². The van der Waals surface area contributed by atoms with Crippen molar-refractivity contribution in [3.63, 3.8) is 0 Å². The molecule has 0 saturated heterocycles. The maximum absolute atomic E-state index is 4.94. The zero-order chi connectivity index (χ0) is 10.7. The molecule has 0 aromatic heterocycles. The molecule has 0 aliphatic heterocycles. The van der Waals surface area contributed by atoms with Crippen LogP contribution in [0.1, 0.15) is 0 Å². The molecule has 0 bridgehead atoms. The molecule has 0 aliphatic carbocycles. The quantitative estimate of drug-likeness (QED) is 0.368. The molecule has 0 saturated carbocycles. The SMILES string of the molecule is Cl[SiH](Cl)Cl.Cl[SiH](Cl)Cl.Cl[SiH](Cl)Cl.[GeH4]. The fourth-order valence-corrected chi connectivity index (χ4v) is 0. The Bertz CT molecular complexity index is 43.4. The van der Waals surface area contributed by atoms with Crippen LogP contribution in [0.2, 0.25) is 0 Å². The predicted molar refractivity (Wildman–Crippen MR) is 85.5 cm³/mol. The fraction of sp³-hybridized carbons (Fsp3) is 0. The van der Waals surface area contributed by atoms with Crippen LogP contribution >= 0.6 is 99.7 Å². The average molecular weight is 483 g/mol. The first-order chi connectivity index (χ1) is 5.20. The molecule has 0 aromatic rings. The van der Waals surface area contributed by atoms with E-state index >= 15 is 0 Å². The molecule has 86 valence electrons. The molecule has 0 fully saturated rings. The van der Waals surface area contributed by atoms with Crippen molar-refractivity contribution in [1.82, 2.24) is 0 Å². The Hall–Kier alpha value is 3.80. The van der Waals surface area contributed by atoms with Crippen molar-refractivity contribution >= 4 is 137 Å². The number of halogens is 9. The van der Waals surface area contributed by atoms with Gasteiger partial charge in [0.2, 0.25) is 0 Å². The van der Waals surface area contributed by atoms with E-state index in [9.17, 15) is 0 Å². The minimum atomic E-state index is -1.72. The first kappa shape index (κ1) is 25.6. The van der Waals surface area contributed by atoms with E-state index in [1.165, 1.54) is 0 Å². The third kappa shape index (κ3) is 208. The topological polar surface area (TPSA) is 0 Å². The Kier molecular flexibility index (Phi) is 41.6. The van der Waals surface area contributed by atoms with Gasteiger partial charge in [-0.25, -0.2) is 0 Å². The Morgan fingerprint density at radius 2 is 0.385 bits per heavy atom. The molecule has 0 nitrogen and oxygen atoms in total. The summed E-state index contributed by atoms with van der Waals surface area (Å²) in [5.74, 6) is 0. The molecule has 0 atom stereocenters. The first-order valence-electron chi connectivity index (χ1n) is 1.96. The van der Waals surface area contributed by atoms with Gasteiger partial charge in [0.15, 0.2) is 0 Å². The van der Waals surface area contributed by atoms with E-state index in [0.29, 0.717) is 0 Å². The molecular weight excluding hydrogens is 476 g/mol. The molecule has 0 heterocycles. The van der Waals surface area contributed by atoms with Crippen LogP contribution in [-0.2, 0) is 0 Å². The molecule has 0 aliphatic rings. The predicted octanol–water partition coefficient (Wildman–Crippen LogP) is 2.81. The van der Waals surface area contributed by atoms with E-state index in [0.717, 1.165) is 0 Å². The van der Waals surface area contributed by atoms with Gasteiger partial charge in [0.1, 0.15) is 0 Å². The van der Waals surface area contributed by atoms with Gasteiger partial charge in [-0.1, -0.05) is 0 Å². The summed E-state index contributed by atoms with van der Waals surface area (Å²) < 4.78 is 0. The summed E-state index contributed by atoms with van der Waals surface area (Å²) in [6.07, 6.45) is 0. The standard InChI is InChI=1S/3Cl3HSi.GeH4/c3*1-4(2)3;/h3*4H;1H4. The van der Waals surface area contributed by atoms with E-state index < -0.39 is 20.2 Å². The van der Waals surface area contributed by atoms with Crippen molar-refractivity contribution in [2.45, 2.75) is 0 Å². The third-order valence-electron chi connectivity index (χ3n) is 0. The van der Waals surface area contributed by atoms with Crippen LogP contribution in [0, 0.1) is 0 Å². The van der Waals surface area contributed by atoms with Gasteiger partial charge in [0, 0.05) is 0 Å². The molecule has 0 aromatic carbocycles. The molecular formula is H7Cl9GeSi3. The van der Waals surface area contributed by atoms with Crippen LogP contribution in [0.5, 0.6) is 0 Å². The van der Waals surface area contributed by atoms with Crippen molar-refractivity contribution in [3.8, 4) is 0 Å². The second kappa shape index (κ2) is 21.1. The second-order valence-electron chi connectivity index (χ2n) is 0.742. The van der Waals surface area contributed by atoms with Gasteiger partial charge in [-0.2, -0.15) is 0 Å².